The topological polar surface area (TPSA) is 93.0 Å². The minimum Gasteiger partial charge on any atom is -0.363 e. The molecule has 23 heavy (non-hydrogen) atoms. The average Bonchev–Trinajstić information content (AvgIpc) is 2.54. The number of anilines is 2. The summed E-state index contributed by atoms with van der Waals surface area (Å²) in [7, 11) is 0. The molecule has 0 radical (unpaired) electrons. The van der Waals surface area contributed by atoms with Gasteiger partial charge in [-0.25, -0.2) is 4.98 Å². The molecule has 0 saturated heterocycles. The molecule has 0 aliphatic rings. The molecule has 0 aliphatic heterocycles. The summed E-state index contributed by atoms with van der Waals surface area (Å²) in [4.78, 5) is 19.5. The molecule has 0 saturated carbocycles. The summed E-state index contributed by atoms with van der Waals surface area (Å²) in [5.74, 6) is 1.07. The monoisotopic (exact) mass is 315 g/mol. The molecule has 1 aromatic heterocycles. The van der Waals surface area contributed by atoms with Gasteiger partial charge in [-0.1, -0.05) is 19.4 Å². The zero-order valence-corrected chi connectivity index (χ0v) is 13.4. The SMILES string of the molecule is C=CC(C)Nc1nc(NCCCC)nc2ccc([N+](=O)[O-])cc12. The van der Waals surface area contributed by atoms with E-state index in [-0.39, 0.29) is 11.7 Å². The minimum atomic E-state index is -0.423. The van der Waals surface area contributed by atoms with Crippen LogP contribution in [0.1, 0.15) is 26.7 Å². The molecule has 1 aromatic carbocycles. The van der Waals surface area contributed by atoms with Crippen molar-refractivity contribution in [1.82, 2.24) is 9.97 Å². The number of aromatic nitrogens is 2. The summed E-state index contributed by atoms with van der Waals surface area (Å²) < 4.78 is 0. The molecule has 2 aromatic rings. The fraction of sp³-hybridized carbons (Fsp3) is 0.375. The second-order valence-electron chi connectivity index (χ2n) is 5.30. The van der Waals surface area contributed by atoms with Crippen LogP contribution in [0, 0.1) is 10.1 Å². The maximum absolute atomic E-state index is 11.0. The molecular formula is C16H21N5O2. The third-order valence-corrected chi connectivity index (χ3v) is 3.42. The lowest BCUT2D eigenvalue weighted by Gasteiger charge is -2.14. The van der Waals surface area contributed by atoms with Gasteiger partial charge in [0.1, 0.15) is 5.82 Å². The van der Waals surface area contributed by atoms with E-state index in [0.717, 1.165) is 19.4 Å². The molecule has 1 unspecified atom stereocenters. The van der Waals surface area contributed by atoms with Gasteiger partial charge in [0.15, 0.2) is 0 Å². The van der Waals surface area contributed by atoms with E-state index in [1.165, 1.54) is 12.1 Å². The van der Waals surface area contributed by atoms with E-state index in [1.54, 1.807) is 12.1 Å². The smallest absolute Gasteiger partial charge is 0.270 e. The minimum absolute atomic E-state index is 0.0158. The highest BCUT2D eigenvalue weighted by Gasteiger charge is 2.13. The highest BCUT2D eigenvalue weighted by molar-refractivity contribution is 5.91. The fourth-order valence-electron chi connectivity index (χ4n) is 2.07. The van der Waals surface area contributed by atoms with Crippen LogP contribution in [-0.4, -0.2) is 27.5 Å². The molecule has 2 rings (SSSR count). The first kappa shape index (κ1) is 16.7. The highest BCUT2D eigenvalue weighted by atomic mass is 16.6. The van der Waals surface area contributed by atoms with Gasteiger partial charge < -0.3 is 10.6 Å². The number of rotatable bonds is 8. The largest absolute Gasteiger partial charge is 0.363 e. The van der Waals surface area contributed by atoms with Crippen molar-refractivity contribution in [2.75, 3.05) is 17.2 Å². The number of benzene rings is 1. The Morgan fingerprint density at radius 3 is 2.87 bits per heavy atom. The van der Waals surface area contributed by atoms with Crippen molar-refractivity contribution < 1.29 is 4.92 Å². The zero-order valence-electron chi connectivity index (χ0n) is 13.4. The average molecular weight is 315 g/mol. The Balaban J connectivity index is 2.46. The number of nitrogens with zero attached hydrogens (tertiary/aromatic N) is 3. The normalized spacial score (nSPS) is 11.9. The van der Waals surface area contributed by atoms with Gasteiger partial charge in [-0.15, -0.1) is 6.58 Å². The molecule has 1 heterocycles. The summed E-state index contributed by atoms with van der Waals surface area (Å²) in [6, 6.07) is 4.56. The molecule has 0 amide bonds. The van der Waals surface area contributed by atoms with Crippen molar-refractivity contribution in [3.05, 3.63) is 41.0 Å². The summed E-state index contributed by atoms with van der Waals surface area (Å²) >= 11 is 0. The number of unbranched alkanes of at least 4 members (excludes halogenated alkanes) is 1. The van der Waals surface area contributed by atoms with E-state index in [0.29, 0.717) is 22.7 Å². The summed E-state index contributed by atoms with van der Waals surface area (Å²) in [5.41, 5.74) is 0.672. The van der Waals surface area contributed by atoms with Gasteiger partial charge in [-0.2, -0.15) is 4.98 Å². The first-order valence-electron chi connectivity index (χ1n) is 7.64. The van der Waals surface area contributed by atoms with Gasteiger partial charge in [0.05, 0.1) is 10.4 Å². The summed E-state index contributed by atoms with van der Waals surface area (Å²) in [6.07, 6.45) is 3.84. The number of nitro groups is 1. The van der Waals surface area contributed by atoms with Crippen LogP contribution in [0.5, 0.6) is 0 Å². The van der Waals surface area contributed by atoms with E-state index in [1.807, 2.05) is 6.92 Å². The van der Waals surface area contributed by atoms with Crippen LogP contribution in [0.2, 0.25) is 0 Å². The lowest BCUT2D eigenvalue weighted by atomic mass is 10.2. The second-order valence-corrected chi connectivity index (χ2v) is 5.30. The van der Waals surface area contributed by atoms with Gasteiger partial charge in [0, 0.05) is 30.1 Å². The molecule has 0 aliphatic carbocycles. The van der Waals surface area contributed by atoms with Crippen LogP contribution < -0.4 is 10.6 Å². The van der Waals surface area contributed by atoms with Crippen molar-refractivity contribution in [1.29, 1.82) is 0 Å². The van der Waals surface area contributed by atoms with Crippen LogP contribution in [0.25, 0.3) is 10.9 Å². The number of fused-ring (bicyclic) bond motifs is 1. The Morgan fingerprint density at radius 2 is 2.22 bits per heavy atom. The maximum Gasteiger partial charge on any atom is 0.270 e. The Bertz CT molecular complexity index is 717. The third-order valence-electron chi connectivity index (χ3n) is 3.42. The van der Waals surface area contributed by atoms with Gasteiger partial charge in [-0.05, 0) is 19.4 Å². The van der Waals surface area contributed by atoms with Crippen LogP contribution in [0.3, 0.4) is 0 Å². The quantitative estimate of drug-likeness (QED) is 0.334. The lowest BCUT2D eigenvalue weighted by Crippen LogP contribution is -2.15. The van der Waals surface area contributed by atoms with Crippen molar-refractivity contribution in [2.24, 2.45) is 0 Å². The number of nitro benzene ring substituents is 1. The summed E-state index contributed by atoms with van der Waals surface area (Å²) in [5, 5.41) is 18.0. The van der Waals surface area contributed by atoms with Crippen LogP contribution in [-0.2, 0) is 0 Å². The number of hydrogen-bond donors (Lipinski definition) is 2. The predicted molar refractivity (Wildman–Crippen MR) is 92.9 cm³/mol. The fourth-order valence-corrected chi connectivity index (χ4v) is 2.07. The molecule has 122 valence electrons. The maximum atomic E-state index is 11.0. The van der Waals surface area contributed by atoms with Crippen LogP contribution in [0.4, 0.5) is 17.5 Å². The van der Waals surface area contributed by atoms with Crippen molar-refractivity contribution in [3.8, 4) is 0 Å². The first-order valence-corrected chi connectivity index (χ1v) is 7.64. The molecule has 7 heteroatoms. The van der Waals surface area contributed by atoms with E-state index in [4.69, 9.17) is 0 Å². The van der Waals surface area contributed by atoms with Crippen molar-refractivity contribution in [3.63, 3.8) is 0 Å². The Hall–Kier alpha value is -2.70. The Labute approximate surface area is 135 Å². The van der Waals surface area contributed by atoms with Gasteiger partial charge in [0.25, 0.3) is 5.69 Å². The third kappa shape index (κ3) is 4.15. The van der Waals surface area contributed by atoms with E-state index in [2.05, 4.69) is 34.1 Å². The molecule has 0 bridgehead atoms. The molecule has 0 fully saturated rings. The van der Waals surface area contributed by atoms with Gasteiger partial charge in [-0.3, -0.25) is 10.1 Å². The highest BCUT2D eigenvalue weighted by Crippen LogP contribution is 2.27. The first-order chi connectivity index (χ1) is 11.0. The summed E-state index contributed by atoms with van der Waals surface area (Å²) in [6.45, 7) is 8.56. The molecule has 7 nitrogen and oxygen atoms in total. The van der Waals surface area contributed by atoms with Crippen molar-refractivity contribution in [2.45, 2.75) is 32.7 Å². The van der Waals surface area contributed by atoms with E-state index < -0.39 is 4.92 Å². The second kappa shape index (κ2) is 7.53. The Kier molecular flexibility index (Phi) is 5.46. The van der Waals surface area contributed by atoms with E-state index >= 15 is 0 Å². The van der Waals surface area contributed by atoms with Gasteiger partial charge >= 0.3 is 0 Å². The number of nitrogens with one attached hydrogen (secondary N) is 2. The molecular weight excluding hydrogens is 294 g/mol. The lowest BCUT2D eigenvalue weighted by molar-refractivity contribution is -0.384. The van der Waals surface area contributed by atoms with Crippen molar-refractivity contribution >= 4 is 28.4 Å². The predicted octanol–water partition coefficient (Wildman–Crippen LogP) is 3.74. The van der Waals surface area contributed by atoms with Crippen LogP contribution >= 0.6 is 0 Å². The molecule has 2 N–H and O–H groups in total. The Morgan fingerprint density at radius 1 is 1.43 bits per heavy atom. The van der Waals surface area contributed by atoms with E-state index in [9.17, 15) is 10.1 Å². The zero-order chi connectivity index (χ0) is 16.8. The number of hydrogen-bond acceptors (Lipinski definition) is 6. The molecule has 1 atom stereocenters. The molecule has 0 spiro atoms. The van der Waals surface area contributed by atoms with Crippen LogP contribution in [0.15, 0.2) is 30.9 Å². The van der Waals surface area contributed by atoms with Gasteiger partial charge in [0.2, 0.25) is 5.95 Å². The number of non-ortho nitro benzene ring substituents is 1. The standard InChI is InChI=1S/C16H21N5O2/c1-4-6-9-17-16-19-14-8-7-12(21(22)23)10-13(14)15(20-16)18-11(3)5-2/h5,7-8,10-11H,2,4,6,9H2,1,3H3,(H2,17,18,19,20).